The van der Waals surface area contributed by atoms with Gasteiger partial charge in [0.25, 0.3) is 5.91 Å². The van der Waals surface area contributed by atoms with Crippen molar-refractivity contribution >= 4 is 5.91 Å². The van der Waals surface area contributed by atoms with Crippen LogP contribution in [0.3, 0.4) is 0 Å². The molecule has 7 heteroatoms. The zero-order chi connectivity index (χ0) is 17.8. The molecular weight excluding hydrogens is 322 g/mol. The van der Waals surface area contributed by atoms with Crippen molar-refractivity contribution in [2.45, 2.75) is 32.3 Å². The van der Waals surface area contributed by atoms with Gasteiger partial charge >= 0.3 is 0 Å². The number of hydrogen-bond acceptors (Lipinski definition) is 5. The molecule has 25 heavy (non-hydrogen) atoms. The predicted molar refractivity (Wildman–Crippen MR) is 92.0 cm³/mol. The third-order valence-electron chi connectivity index (χ3n) is 4.20. The number of nitrogens with zero attached hydrogens (tertiary/aromatic N) is 2. The van der Waals surface area contributed by atoms with Crippen molar-refractivity contribution in [2.75, 3.05) is 19.9 Å². The van der Waals surface area contributed by atoms with Crippen molar-refractivity contribution in [3.8, 4) is 11.4 Å². The Kier molecular flexibility index (Phi) is 5.35. The summed E-state index contributed by atoms with van der Waals surface area (Å²) in [5.41, 5.74) is 2.00. The molecular formula is C18H23N3O4. The van der Waals surface area contributed by atoms with E-state index in [-0.39, 0.29) is 24.3 Å². The Balaban J connectivity index is 1.67. The number of amides is 1. The first-order valence-corrected chi connectivity index (χ1v) is 8.41. The van der Waals surface area contributed by atoms with Crippen molar-refractivity contribution in [3.63, 3.8) is 0 Å². The zero-order valence-corrected chi connectivity index (χ0v) is 14.4. The molecule has 3 rings (SSSR count). The van der Waals surface area contributed by atoms with Crippen molar-refractivity contribution in [1.29, 1.82) is 0 Å². The van der Waals surface area contributed by atoms with E-state index in [1.807, 2.05) is 24.3 Å². The van der Waals surface area contributed by atoms with Crippen LogP contribution in [0.4, 0.5) is 0 Å². The van der Waals surface area contributed by atoms with Crippen LogP contribution in [-0.4, -0.2) is 46.8 Å². The minimum atomic E-state index is -0.426. The Morgan fingerprint density at radius 2 is 2.16 bits per heavy atom. The van der Waals surface area contributed by atoms with E-state index in [1.54, 1.807) is 0 Å². The van der Waals surface area contributed by atoms with Gasteiger partial charge in [-0.1, -0.05) is 26.0 Å². The molecule has 0 radical (unpaired) electrons. The first-order valence-electron chi connectivity index (χ1n) is 8.41. The Labute approximate surface area is 146 Å². The fourth-order valence-corrected chi connectivity index (χ4v) is 2.62. The summed E-state index contributed by atoms with van der Waals surface area (Å²) in [5.74, 6) is -0.141. The molecule has 1 aliphatic heterocycles. The Hall–Kier alpha value is -2.38. The van der Waals surface area contributed by atoms with Crippen molar-refractivity contribution < 1.29 is 19.4 Å². The van der Waals surface area contributed by atoms with Gasteiger partial charge in [0.15, 0.2) is 11.4 Å². The Morgan fingerprint density at radius 1 is 1.40 bits per heavy atom. The van der Waals surface area contributed by atoms with E-state index in [0.717, 1.165) is 12.1 Å². The highest BCUT2D eigenvalue weighted by atomic mass is 16.7. The molecule has 2 N–H and O–H groups in total. The summed E-state index contributed by atoms with van der Waals surface area (Å²) >= 11 is 0. The van der Waals surface area contributed by atoms with Crippen molar-refractivity contribution in [3.05, 3.63) is 41.7 Å². The quantitative estimate of drug-likeness (QED) is 0.868. The lowest BCUT2D eigenvalue weighted by molar-refractivity contribution is -0.136. The number of aromatic hydroxyl groups is 1. The van der Waals surface area contributed by atoms with E-state index in [4.69, 9.17) is 9.47 Å². The number of hydrogen-bond donors (Lipinski definition) is 2. The highest BCUT2D eigenvalue weighted by Crippen LogP contribution is 2.20. The molecule has 134 valence electrons. The molecule has 0 aliphatic carbocycles. The maximum atomic E-state index is 12.3. The fraction of sp³-hybridized carbons (Fsp3) is 0.444. The average molecular weight is 345 g/mol. The van der Waals surface area contributed by atoms with Crippen molar-refractivity contribution in [2.24, 2.45) is 0 Å². The van der Waals surface area contributed by atoms with Crippen LogP contribution in [0.2, 0.25) is 0 Å². The second-order valence-corrected chi connectivity index (χ2v) is 6.37. The third-order valence-corrected chi connectivity index (χ3v) is 4.20. The smallest absolute Gasteiger partial charge is 0.275 e. The topological polar surface area (TPSA) is 85.6 Å². The lowest BCUT2D eigenvalue weighted by Gasteiger charge is -2.22. The summed E-state index contributed by atoms with van der Waals surface area (Å²) in [5, 5.41) is 17.0. The Morgan fingerprint density at radius 3 is 2.80 bits per heavy atom. The maximum Gasteiger partial charge on any atom is 0.275 e. The predicted octanol–water partition coefficient (Wildman–Crippen LogP) is 2.19. The molecule has 2 aromatic rings. The highest BCUT2D eigenvalue weighted by Gasteiger charge is 2.20. The summed E-state index contributed by atoms with van der Waals surface area (Å²) in [4.78, 5) is 12.3. The van der Waals surface area contributed by atoms with Gasteiger partial charge in [-0.05, 0) is 30.0 Å². The number of nitrogens with one attached hydrogen (secondary N) is 1. The lowest BCUT2D eigenvalue weighted by Crippen LogP contribution is -2.37. The van der Waals surface area contributed by atoms with Gasteiger partial charge in [0.1, 0.15) is 6.79 Å². The van der Waals surface area contributed by atoms with Crippen LogP contribution < -0.4 is 5.32 Å². The second-order valence-electron chi connectivity index (χ2n) is 6.37. The van der Waals surface area contributed by atoms with E-state index in [0.29, 0.717) is 19.1 Å². The summed E-state index contributed by atoms with van der Waals surface area (Å²) in [6.07, 6.45) is 2.08. The maximum absolute atomic E-state index is 12.3. The van der Waals surface area contributed by atoms with Crippen molar-refractivity contribution in [1.82, 2.24) is 15.1 Å². The SMILES string of the molecule is CC(C)c1ccc(-n2cc(O)c(C(=O)NC[C@H]3CCOCO3)n2)cc1. The van der Waals surface area contributed by atoms with Gasteiger partial charge in [0, 0.05) is 6.54 Å². The molecule has 0 saturated carbocycles. The van der Waals surface area contributed by atoms with Crippen LogP contribution in [-0.2, 0) is 9.47 Å². The largest absolute Gasteiger partial charge is 0.504 e. The van der Waals surface area contributed by atoms with E-state index >= 15 is 0 Å². The molecule has 0 unspecified atom stereocenters. The van der Waals surface area contributed by atoms with Gasteiger partial charge in [0.05, 0.1) is 24.6 Å². The lowest BCUT2D eigenvalue weighted by atomic mass is 10.0. The number of aromatic nitrogens is 2. The van der Waals surface area contributed by atoms with E-state index < -0.39 is 5.91 Å². The molecule has 1 saturated heterocycles. The van der Waals surface area contributed by atoms with Gasteiger partial charge in [0.2, 0.25) is 0 Å². The molecule has 1 atom stereocenters. The minimum absolute atomic E-state index is 0.00000412. The third kappa shape index (κ3) is 4.18. The summed E-state index contributed by atoms with van der Waals surface area (Å²) in [6.45, 7) is 5.47. The number of carbonyl (C=O) groups excluding carboxylic acids is 1. The Bertz CT molecular complexity index is 718. The monoisotopic (exact) mass is 345 g/mol. The fourth-order valence-electron chi connectivity index (χ4n) is 2.62. The van der Waals surface area contributed by atoms with Gasteiger partial charge in [-0.15, -0.1) is 0 Å². The van der Waals surface area contributed by atoms with Gasteiger partial charge in [-0.3, -0.25) is 4.79 Å². The van der Waals surface area contributed by atoms with E-state index in [9.17, 15) is 9.90 Å². The normalized spacial score (nSPS) is 17.6. The molecule has 1 aliphatic rings. The molecule has 0 bridgehead atoms. The van der Waals surface area contributed by atoms with Gasteiger partial charge < -0.3 is 19.9 Å². The number of ether oxygens (including phenoxy) is 2. The number of benzene rings is 1. The summed E-state index contributed by atoms with van der Waals surface area (Å²) in [7, 11) is 0. The van der Waals surface area contributed by atoms with Crippen LogP contribution in [0.15, 0.2) is 30.5 Å². The number of carbonyl (C=O) groups is 1. The summed E-state index contributed by atoms with van der Waals surface area (Å²) < 4.78 is 12.0. The molecule has 1 aromatic heterocycles. The van der Waals surface area contributed by atoms with E-state index in [2.05, 4.69) is 24.3 Å². The standard InChI is InChI=1S/C18H23N3O4/c1-12(2)13-3-5-14(6-4-13)21-10-16(22)17(20-21)18(23)19-9-15-7-8-24-11-25-15/h3-6,10,12,15,22H,7-9,11H2,1-2H3,(H,19,23)/t15-/m1/s1. The first-order chi connectivity index (χ1) is 12.0. The minimum Gasteiger partial charge on any atom is -0.504 e. The molecule has 7 nitrogen and oxygen atoms in total. The molecule has 2 heterocycles. The van der Waals surface area contributed by atoms with Crippen LogP contribution in [0.25, 0.3) is 5.69 Å². The van der Waals surface area contributed by atoms with Crippen LogP contribution in [0, 0.1) is 0 Å². The van der Waals surface area contributed by atoms with Crippen LogP contribution >= 0.6 is 0 Å². The molecule has 1 aromatic carbocycles. The molecule has 1 fully saturated rings. The zero-order valence-electron chi connectivity index (χ0n) is 14.4. The van der Waals surface area contributed by atoms with Crippen LogP contribution in [0.5, 0.6) is 5.75 Å². The number of rotatable bonds is 5. The van der Waals surface area contributed by atoms with Crippen LogP contribution in [0.1, 0.15) is 42.2 Å². The highest BCUT2D eigenvalue weighted by molar-refractivity contribution is 5.94. The average Bonchev–Trinajstić information content (AvgIpc) is 3.02. The second kappa shape index (κ2) is 7.67. The molecule has 1 amide bonds. The van der Waals surface area contributed by atoms with E-state index in [1.165, 1.54) is 16.4 Å². The van der Waals surface area contributed by atoms with Gasteiger partial charge in [-0.25, -0.2) is 4.68 Å². The van der Waals surface area contributed by atoms with Gasteiger partial charge in [-0.2, -0.15) is 5.10 Å². The first kappa shape index (κ1) is 17.4. The molecule has 0 spiro atoms. The summed E-state index contributed by atoms with van der Waals surface area (Å²) in [6, 6.07) is 7.86.